The molecule has 0 saturated carbocycles. The average Bonchev–Trinajstić information content (AvgIpc) is 2.76. The minimum Gasteiger partial charge on any atom is -0.504 e. The molecule has 2 atom stereocenters. The van der Waals surface area contributed by atoms with Crippen LogP contribution in [0.15, 0.2) is 42.5 Å². The molecule has 0 radical (unpaired) electrons. The van der Waals surface area contributed by atoms with Crippen LogP contribution in [0.1, 0.15) is 12.0 Å². The predicted octanol–water partition coefficient (Wildman–Crippen LogP) is 2.30. The van der Waals surface area contributed by atoms with E-state index in [9.17, 15) is 14.6 Å². The number of nitrogens with zero attached hydrogens (tertiary/aromatic N) is 3. The van der Waals surface area contributed by atoms with E-state index in [-0.39, 0.29) is 17.6 Å². The van der Waals surface area contributed by atoms with Crippen molar-refractivity contribution in [3.05, 3.63) is 53.8 Å². The number of aliphatic hydroxyl groups is 1. The van der Waals surface area contributed by atoms with Crippen LogP contribution in [-0.4, -0.2) is 78.5 Å². The van der Waals surface area contributed by atoms with Crippen LogP contribution in [0, 0.1) is 5.82 Å². The second-order valence-corrected chi connectivity index (χ2v) is 8.10. The number of para-hydroxylation sites is 2. The van der Waals surface area contributed by atoms with Gasteiger partial charge in [-0.05, 0) is 24.6 Å². The maximum absolute atomic E-state index is 14.1. The zero-order valence-electron chi connectivity index (χ0n) is 17.4. The molecule has 0 bridgehead atoms. The van der Waals surface area contributed by atoms with Crippen molar-refractivity contribution >= 4 is 5.69 Å². The molecule has 2 aromatic carbocycles. The Morgan fingerprint density at radius 1 is 1.03 bits per heavy atom. The molecule has 0 aliphatic carbocycles. The second-order valence-electron chi connectivity index (χ2n) is 8.10. The van der Waals surface area contributed by atoms with Gasteiger partial charge in [0.05, 0.1) is 18.9 Å². The molecule has 2 aliphatic heterocycles. The van der Waals surface area contributed by atoms with E-state index in [1.807, 2.05) is 24.3 Å². The Hall–Kier alpha value is -2.35. The Morgan fingerprint density at radius 3 is 2.50 bits per heavy atom. The molecule has 7 heteroatoms. The smallest absolute Gasteiger partial charge is 0.162 e. The number of hydrogen-bond acceptors (Lipinski definition) is 6. The molecule has 2 aromatic rings. The highest BCUT2D eigenvalue weighted by molar-refractivity contribution is 5.48. The summed E-state index contributed by atoms with van der Waals surface area (Å²) in [5.74, 6) is 0.455. The van der Waals surface area contributed by atoms with E-state index in [1.54, 1.807) is 19.2 Å². The summed E-state index contributed by atoms with van der Waals surface area (Å²) in [6.45, 7) is 5.13. The van der Waals surface area contributed by atoms with Crippen LogP contribution in [0.25, 0.3) is 0 Å². The number of hydrogen-bond donors (Lipinski definition) is 2. The lowest BCUT2D eigenvalue weighted by atomic mass is 9.98. The number of methoxy groups -OCH3 is 1. The number of β-amino-alcohol motifs (C(OH)–C–C–N with tert-alkyl or cyclic N) is 1. The summed E-state index contributed by atoms with van der Waals surface area (Å²) in [4.78, 5) is 6.59. The highest BCUT2D eigenvalue weighted by Gasteiger charge is 2.34. The monoisotopic (exact) mass is 415 g/mol. The molecule has 4 rings (SSSR count). The topological polar surface area (TPSA) is 59.4 Å². The fraction of sp³-hybridized carbons (Fsp3) is 0.478. The van der Waals surface area contributed by atoms with Gasteiger partial charge in [0.25, 0.3) is 0 Å². The Morgan fingerprint density at radius 2 is 1.80 bits per heavy atom. The number of aliphatic hydroxyl groups excluding tert-OH is 1. The lowest BCUT2D eigenvalue weighted by Crippen LogP contribution is -2.58. The normalized spacial score (nSPS) is 23.5. The number of piperidine rings is 1. The van der Waals surface area contributed by atoms with Crippen molar-refractivity contribution in [2.24, 2.45) is 0 Å². The third-order valence-corrected chi connectivity index (χ3v) is 6.30. The van der Waals surface area contributed by atoms with E-state index < -0.39 is 6.10 Å². The summed E-state index contributed by atoms with van der Waals surface area (Å²) in [6.07, 6.45) is 0.414. The van der Waals surface area contributed by atoms with Gasteiger partial charge >= 0.3 is 0 Å². The zero-order valence-corrected chi connectivity index (χ0v) is 17.4. The number of phenolic OH excluding ortho intramolecular Hbond substituents is 1. The van der Waals surface area contributed by atoms with Crippen LogP contribution in [0.5, 0.6) is 11.5 Å². The van der Waals surface area contributed by atoms with Gasteiger partial charge in [-0.25, -0.2) is 4.39 Å². The number of anilines is 1. The van der Waals surface area contributed by atoms with Crippen LogP contribution in [0.4, 0.5) is 10.1 Å². The first kappa shape index (κ1) is 20.9. The maximum Gasteiger partial charge on any atom is 0.162 e. The fourth-order valence-electron chi connectivity index (χ4n) is 4.66. The fourth-order valence-corrected chi connectivity index (χ4v) is 4.66. The largest absolute Gasteiger partial charge is 0.504 e. The molecule has 162 valence electrons. The predicted molar refractivity (Wildman–Crippen MR) is 115 cm³/mol. The maximum atomic E-state index is 14.1. The lowest BCUT2D eigenvalue weighted by Gasteiger charge is -2.45. The standard InChI is InChI=1S/C23H30FN3O3/c1-30-22-8-4-5-17(23(22)29)15-25-10-9-20(21(28)16-25)27-13-11-26(12-14-27)19-7-3-2-6-18(19)24/h2-8,20-21,28-29H,9-16H2,1H3/t20-,21-/m0/s1. The highest BCUT2D eigenvalue weighted by atomic mass is 19.1. The summed E-state index contributed by atoms with van der Waals surface area (Å²) in [5.41, 5.74) is 1.46. The molecule has 2 aliphatic rings. The van der Waals surface area contributed by atoms with E-state index in [0.717, 1.165) is 44.7 Å². The molecule has 30 heavy (non-hydrogen) atoms. The molecule has 2 fully saturated rings. The van der Waals surface area contributed by atoms with Gasteiger partial charge < -0.3 is 19.8 Å². The van der Waals surface area contributed by atoms with Crippen LogP contribution < -0.4 is 9.64 Å². The molecule has 0 amide bonds. The van der Waals surface area contributed by atoms with E-state index >= 15 is 0 Å². The lowest BCUT2D eigenvalue weighted by molar-refractivity contribution is -0.0173. The molecule has 2 N–H and O–H groups in total. The molecule has 2 heterocycles. The summed E-state index contributed by atoms with van der Waals surface area (Å²) in [6, 6.07) is 12.5. The number of rotatable bonds is 5. The Labute approximate surface area is 177 Å². The number of piperazine rings is 1. The number of ether oxygens (including phenoxy) is 1. The molecule has 0 unspecified atom stereocenters. The summed E-state index contributed by atoms with van der Waals surface area (Å²) in [7, 11) is 1.54. The quantitative estimate of drug-likeness (QED) is 0.782. The minimum absolute atomic E-state index is 0.114. The van der Waals surface area contributed by atoms with E-state index in [0.29, 0.717) is 24.5 Å². The van der Waals surface area contributed by atoms with Crippen molar-refractivity contribution in [2.75, 3.05) is 51.3 Å². The van der Waals surface area contributed by atoms with E-state index in [4.69, 9.17) is 4.74 Å². The SMILES string of the molecule is COc1cccc(CN2CC[C@H](N3CCN(c4ccccc4F)CC3)[C@@H](O)C2)c1O. The molecular formula is C23H30FN3O3. The number of phenols is 1. The molecule has 6 nitrogen and oxygen atoms in total. The van der Waals surface area contributed by atoms with Gasteiger partial charge in [-0.1, -0.05) is 24.3 Å². The Bertz CT molecular complexity index is 857. The van der Waals surface area contributed by atoms with Gasteiger partial charge in [-0.15, -0.1) is 0 Å². The van der Waals surface area contributed by atoms with Crippen molar-refractivity contribution in [1.82, 2.24) is 9.80 Å². The summed E-state index contributed by atoms with van der Waals surface area (Å²) < 4.78 is 19.2. The molecule has 0 aromatic heterocycles. The first-order chi connectivity index (χ1) is 14.6. The highest BCUT2D eigenvalue weighted by Crippen LogP contribution is 2.31. The second kappa shape index (κ2) is 9.20. The van der Waals surface area contributed by atoms with Crippen molar-refractivity contribution in [3.8, 4) is 11.5 Å². The Kier molecular flexibility index (Phi) is 6.41. The summed E-state index contributed by atoms with van der Waals surface area (Å²) >= 11 is 0. The number of likely N-dealkylation sites (tertiary alicyclic amines) is 1. The van der Waals surface area contributed by atoms with Crippen LogP contribution >= 0.6 is 0 Å². The van der Waals surface area contributed by atoms with Crippen molar-refractivity contribution in [2.45, 2.75) is 25.1 Å². The van der Waals surface area contributed by atoms with Gasteiger partial charge in [0.2, 0.25) is 0 Å². The Balaban J connectivity index is 1.32. The van der Waals surface area contributed by atoms with Gasteiger partial charge in [0.15, 0.2) is 11.5 Å². The molecule has 2 saturated heterocycles. The van der Waals surface area contributed by atoms with Crippen molar-refractivity contribution < 1.29 is 19.3 Å². The third-order valence-electron chi connectivity index (χ3n) is 6.30. The van der Waals surface area contributed by atoms with Gasteiger partial charge in [-0.2, -0.15) is 0 Å². The van der Waals surface area contributed by atoms with E-state index in [1.165, 1.54) is 6.07 Å². The summed E-state index contributed by atoms with van der Waals surface area (Å²) in [5, 5.41) is 21.1. The van der Waals surface area contributed by atoms with E-state index in [2.05, 4.69) is 14.7 Å². The van der Waals surface area contributed by atoms with Gasteiger partial charge in [-0.3, -0.25) is 9.80 Å². The van der Waals surface area contributed by atoms with Gasteiger partial charge in [0, 0.05) is 57.4 Å². The van der Waals surface area contributed by atoms with Gasteiger partial charge in [0.1, 0.15) is 5.82 Å². The number of halogens is 1. The number of benzene rings is 2. The zero-order chi connectivity index (χ0) is 21.1. The van der Waals surface area contributed by atoms with Crippen molar-refractivity contribution in [3.63, 3.8) is 0 Å². The molecular weight excluding hydrogens is 385 g/mol. The first-order valence-corrected chi connectivity index (χ1v) is 10.6. The van der Waals surface area contributed by atoms with Crippen LogP contribution in [0.3, 0.4) is 0 Å². The van der Waals surface area contributed by atoms with Crippen molar-refractivity contribution in [1.29, 1.82) is 0 Å². The van der Waals surface area contributed by atoms with Crippen LogP contribution in [0.2, 0.25) is 0 Å². The third kappa shape index (κ3) is 4.38. The number of aromatic hydroxyl groups is 1. The molecule has 0 spiro atoms. The van der Waals surface area contributed by atoms with Crippen LogP contribution in [-0.2, 0) is 6.54 Å². The first-order valence-electron chi connectivity index (χ1n) is 10.6. The average molecular weight is 416 g/mol. The minimum atomic E-state index is -0.452.